The van der Waals surface area contributed by atoms with E-state index in [2.05, 4.69) is 10.3 Å². The number of nitrogens with zero attached hydrogens (tertiary/aromatic N) is 1. The van der Waals surface area contributed by atoms with Crippen LogP contribution in [0.1, 0.15) is 24.3 Å². The molecule has 5 nitrogen and oxygen atoms in total. The van der Waals surface area contributed by atoms with Gasteiger partial charge in [0, 0.05) is 23.8 Å². The second-order valence-corrected chi connectivity index (χ2v) is 9.21. The molecule has 0 unspecified atom stereocenters. The van der Waals surface area contributed by atoms with Crippen molar-refractivity contribution >= 4 is 32.2 Å². The van der Waals surface area contributed by atoms with Crippen molar-refractivity contribution in [3.8, 4) is 0 Å². The zero-order valence-electron chi connectivity index (χ0n) is 12.7. The molecule has 0 spiro atoms. The van der Waals surface area contributed by atoms with E-state index in [0.29, 0.717) is 5.13 Å². The second kappa shape index (κ2) is 6.18. The number of hydrogen-bond acceptors (Lipinski definition) is 5. The summed E-state index contributed by atoms with van der Waals surface area (Å²) in [5.74, 6) is -0.574. The van der Waals surface area contributed by atoms with Crippen LogP contribution in [0.15, 0.2) is 36.5 Å². The largest absolute Gasteiger partial charge is 0.301 e. The van der Waals surface area contributed by atoms with E-state index in [0.717, 1.165) is 23.1 Å². The molecule has 1 aromatic carbocycles. The van der Waals surface area contributed by atoms with E-state index in [1.165, 1.54) is 25.2 Å². The summed E-state index contributed by atoms with van der Waals surface area (Å²) >= 11 is 1.34. The summed E-state index contributed by atoms with van der Waals surface area (Å²) in [6.45, 7) is 2.77. The van der Waals surface area contributed by atoms with Gasteiger partial charge in [-0.05, 0) is 19.4 Å². The van der Waals surface area contributed by atoms with Gasteiger partial charge in [0.05, 0.1) is 0 Å². The Morgan fingerprint density at radius 2 is 1.91 bits per heavy atom. The van der Waals surface area contributed by atoms with Crippen molar-refractivity contribution in [1.82, 2.24) is 4.98 Å². The molecule has 1 N–H and O–H groups in total. The maximum atomic E-state index is 12.1. The molecule has 22 heavy (non-hydrogen) atoms. The third-order valence-corrected chi connectivity index (χ3v) is 6.42. The van der Waals surface area contributed by atoms with Gasteiger partial charge in [0.25, 0.3) is 0 Å². The van der Waals surface area contributed by atoms with Crippen LogP contribution < -0.4 is 5.32 Å². The molecule has 2 aromatic rings. The van der Waals surface area contributed by atoms with Gasteiger partial charge in [-0.3, -0.25) is 4.79 Å². The minimum absolute atomic E-state index is 0.410. The number of carbonyl (C=O) groups is 1. The number of rotatable bonds is 5. The number of carbonyl (C=O) groups excluding carboxylic acids is 1. The lowest BCUT2D eigenvalue weighted by Crippen LogP contribution is -2.43. The van der Waals surface area contributed by atoms with Crippen molar-refractivity contribution in [3.05, 3.63) is 47.0 Å². The fourth-order valence-corrected chi connectivity index (χ4v) is 2.89. The maximum Gasteiger partial charge on any atom is 0.247 e. The lowest BCUT2D eigenvalue weighted by Gasteiger charge is -2.20. The van der Waals surface area contributed by atoms with Gasteiger partial charge in [-0.2, -0.15) is 0 Å². The summed E-state index contributed by atoms with van der Waals surface area (Å²) < 4.78 is 21.8. The van der Waals surface area contributed by atoms with Crippen LogP contribution in [0.2, 0.25) is 0 Å². The topological polar surface area (TPSA) is 76.1 Å². The highest BCUT2D eigenvalue weighted by molar-refractivity contribution is 7.92. The Kier molecular flexibility index (Phi) is 4.67. The molecule has 0 saturated heterocycles. The molecular weight excluding hydrogens is 320 g/mol. The smallest absolute Gasteiger partial charge is 0.247 e. The Hall–Kier alpha value is -1.73. The molecule has 1 amide bonds. The van der Waals surface area contributed by atoms with E-state index < -0.39 is 20.5 Å². The predicted octanol–water partition coefficient (Wildman–Crippen LogP) is 2.50. The van der Waals surface area contributed by atoms with Crippen molar-refractivity contribution in [2.24, 2.45) is 0 Å². The first kappa shape index (κ1) is 16.6. The average molecular weight is 338 g/mol. The third-order valence-electron chi connectivity index (χ3n) is 3.47. The molecule has 0 aliphatic heterocycles. The van der Waals surface area contributed by atoms with Crippen LogP contribution in [0.3, 0.4) is 0 Å². The number of sulfone groups is 1. The first-order chi connectivity index (χ1) is 10.2. The molecule has 2 rings (SSSR count). The fourth-order valence-electron chi connectivity index (χ4n) is 1.66. The lowest BCUT2D eigenvalue weighted by molar-refractivity contribution is -0.117. The SMILES string of the molecule is CC(C)(C(=O)Nc1ncc(Cc2ccccc2)s1)S(C)(=O)=O. The van der Waals surface area contributed by atoms with E-state index in [4.69, 9.17) is 0 Å². The highest BCUT2D eigenvalue weighted by Crippen LogP contribution is 2.24. The van der Waals surface area contributed by atoms with Crippen LogP contribution in [0.5, 0.6) is 0 Å². The monoisotopic (exact) mass is 338 g/mol. The molecule has 0 fully saturated rings. The molecule has 118 valence electrons. The number of thiazole rings is 1. The molecule has 0 radical (unpaired) electrons. The molecular formula is C15H18N2O3S2. The summed E-state index contributed by atoms with van der Waals surface area (Å²) in [6, 6.07) is 9.92. The summed E-state index contributed by atoms with van der Waals surface area (Å²) in [4.78, 5) is 17.3. The lowest BCUT2D eigenvalue weighted by atomic mass is 10.1. The van der Waals surface area contributed by atoms with Gasteiger partial charge in [0.15, 0.2) is 15.0 Å². The molecule has 1 heterocycles. The standard InChI is InChI=1S/C15H18N2O3S2/c1-15(2,22(3,19)20)13(18)17-14-16-10-12(21-14)9-11-7-5-4-6-8-11/h4-8,10H,9H2,1-3H3,(H,16,17,18). The van der Waals surface area contributed by atoms with Gasteiger partial charge >= 0.3 is 0 Å². The van der Waals surface area contributed by atoms with Gasteiger partial charge in [-0.15, -0.1) is 11.3 Å². The van der Waals surface area contributed by atoms with Crippen LogP contribution >= 0.6 is 11.3 Å². The minimum Gasteiger partial charge on any atom is -0.301 e. The number of aromatic nitrogens is 1. The van der Waals surface area contributed by atoms with Crippen LogP contribution in [-0.4, -0.2) is 30.3 Å². The number of hydrogen-bond donors (Lipinski definition) is 1. The summed E-state index contributed by atoms with van der Waals surface area (Å²) in [5, 5.41) is 2.99. The average Bonchev–Trinajstić information content (AvgIpc) is 2.85. The Labute approximate surface area is 134 Å². The van der Waals surface area contributed by atoms with Crippen LogP contribution in [0.25, 0.3) is 0 Å². The number of anilines is 1. The normalized spacial score (nSPS) is 12.1. The molecule has 0 atom stereocenters. The molecule has 7 heteroatoms. The van der Waals surface area contributed by atoms with Crippen molar-refractivity contribution in [2.75, 3.05) is 11.6 Å². The first-order valence-corrected chi connectivity index (χ1v) is 9.40. The quantitative estimate of drug-likeness (QED) is 0.909. The summed E-state index contributed by atoms with van der Waals surface area (Å²) in [7, 11) is -3.50. The van der Waals surface area contributed by atoms with Gasteiger partial charge in [0.2, 0.25) is 5.91 Å². The van der Waals surface area contributed by atoms with E-state index in [1.807, 2.05) is 30.3 Å². The molecule has 0 bridgehead atoms. The second-order valence-electron chi connectivity index (χ2n) is 5.53. The van der Waals surface area contributed by atoms with Crippen molar-refractivity contribution < 1.29 is 13.2 Å². The molecule has 1 aromatic heterocycles. The first-order valence-electron chi connectivity index (χ1n) is 6.70. The zero-order valence-corrected chi connectivity index (χ0v) is 14.3. The Morgan fingerprint density at radius 3 is 2.50 bits per heavy atom. The zero-order chi connectivity index (χ0) is 16.4. The van der Waals surface area contributed by atoms with E-state index in [9.17, 15) is 13.2 Å². The highest BCUT2D eigenvalue weighted by Gasteiger charge is 2.38. The van der Waals surface area contributed by atoms with E-state index in [-0.39, 0.29) is 0 Å². The van der Waals surface area contributed by atoms with Gasteiger partial charge in [0.1, 0.15) is 4.75 Å². The van der Waals surface area contributed by atoms with Crippen LogP contribution in [0, 0.1) is 0 Å². The maximum absolute atomic E-state index is 12.1. The minimum atomic E-state index is -3.50. The third kappa shape index (κ3) is 3.72. The number of nitrogens with one attached hydrogen (secondary N) is 1. The molecule has 0 aliphatic rings. The number of benzene rings is 1. The van der Waals surface area contributed by atoms with E-state index in [1.54, 1.807) is 6.20 Å². The Bertz CT molecular complexity index is 765. The number of amides is 1. The van der Waals surface area contributed by atoms with Crippen molar-refractivity contribution in [2.45, 2.75) is 25.0 Å². The summed E-state index contributed by atoms with van der Waals surface area (Å²) in [5.41, 5.74) is 1.15. The highest BCUT2D eigenvalue weighted by atomic mass is 32.2. The van der Waals surface area contributed by atoms with Crippen molar-refractivity contribution in [1.29, 1.82) is 0 Å². The van der Waals surface area contributed by atoms with Crippen LogP contribution in [-0.2, 0) is 21.1 Å². The fraction of sp³-hybridized carbons (Fsp3) is 0.333. The molecule has 0 saturated carbocycles. The van der Waals surface area contributed by atoms with Gasteiger partial charge in [-0.25, -0.2) is 13.4 Å². The van der Waals surface area contributed by atoms with Crippen molar-refractivity contribution in [3.63, 3.8) is 0 Å². The predicted molar refractivity (Wildman–Crippen MR) is 88.9 cm³/mol. The van der Waals surface area contributed by atoms with Gasteiger partial charge in [-0.1, -0.05) is 30.3 Å². The van der Waals surface area contributed by atoms with Gasteiger partial charge < -0.3 is 5.32 Å². The molecule has 0 aliphatic carbocycles. The Balaban J connectivity index is 2.08. The Morgan fingerprint density at radius 1 is 1.27 bits per heavy atom. The summed E-state index contributed by atoms with van der Waals surface area (Å²) in [6.07, 6.45) is 3.47. The van der Waals surface area contributed by atoms with E-state index >= 15 is 0 Å². The van der Waals surface area contributed by atoms with Crippen LogP contribution in [0.4, 0.5) is 5.13 Å².